The molecular formula is C46H30N4O2Pt. The van der Waals surface area contributed by atoms with Crippen molar-refractivity contribution < 1.29 is 31.3 Å². The molecule has 0 aliphatic carbocycles. The van der Waals surface area contributed by atoms with E-state index < -0.39 is 0 Å². The minimum atomic E-state index is 0. The quantitative estimate of drug-likeness (QED) is 0.169. The Hall–Kier alpha value is -6.49. The van der Waals surface area contributed by atoms with Gasteiger partial charge in [0.05, 0.1) is 51.0 Å². The Balaban J connectivity index is 0.00000372. The molecule has 0 spiro atoms. The summed E-state index contributed by atoms with van der Waals surface area (Å²) in [5.41, 5.74) is 8.58. The van der Waals surface area contributed by atoms with Crippen molar-refractivity contribution in [1.82, 2.24) is 14.1 Å². The molecule has 0 unspecified atom stereocenters. The Kier molecular flexibility index (Phi) is 7.91. The van der Waals surface area contributed by atoms with E-state index in [1.165, 1.54) is 10.8 Å². The summed E-state index contributed by atoms with van der Waals surface area (Å²) < 4.78 is 4.37. The maximum absolute atomic E-state index is 11.5. The number of benzene rings is 7. The minimum absolute atomic E-state index is 0. The summed E-state index contributed by atoms with van der Waals surface area (Å²) in [6, 6.07) is 54.4. The largest absolute Gasteiger partial charge is 0.507 e. The standard InChI is InChI=1S/C46H30N4O2.Pt/c51-44-26-31(49-40-19-5-1-13-33(40)34-14-2-6-20-41(34)49)23-24-37(44)38-17-10-12-30(48-38)28-47-39-18-9-11-29-25-32(27-45(52)46(29)39)50-42-21-7-3-15-35(42)36-16-4-8-22-43(36)50;/h1-28,51-52H;. The number of nitrogens with zero attached hydrogens (tertiary/aromatic N) is 4. The number of hydrogen-bond donors (Lipinski definition) is 2. The number of para-hydroxylation sites is 4. The Bertz CT molecular complexity index is 2960. The van der Waals surface area contributed by atoms with E-state index in [9.17, 15) is 10.2 Å². The van der Waals surface area contributed by atoms with Gasteiger partial charge in [-0.2, -0.15) is 0 Å². The molecule has 7 heteroatoms. The molecule has 2 N–H and O–H groups in total. The fourth-order valence-electron chi connectivity index (χ4n) is 7.69. The third-order valence-electron chi connectivity index (χ3n) is 9.96. The molecule has 3 aromatic heterocycles. The minimum Gasteiger partial charge on any atom is -0.507 e. The van der Waals surface area contributed by atoms with E-state index in [-0.39, 0.29) is 32.6 Å². The third kappa shape index (κ3) is 5.30. The van der Waals surface area contributed by atoms with Gasteiger partial charge >= 0.3 is 0 Å². The molecule has 0 fully saturated rings. The fourth-order valence-corrected chi connectivity index (χ4v) is 7.69. The van der Waals surface area contributed by atoms with E-state index in [2.05, 4.69) is 88.0 Å². The van der Waals surface area contributed by atoms with Crippen LogP contribution in [0.4, 0.5) is 5.69 Å². The normalized spacial score (nSPS) is 11.7. The zero-order valence-electron chi connectivity index (χ0n) is 28.2. The molecule has 10 rings (SSSR count). The molecule has 0 saturated heterocycles. The van der Waals surface area contributed by atoms with Crippen LogP contribution in [0.2, 0.25) is 0 Å². The molecule has 0 aliphatic heterocycles. The van der Waals surface area contributed by atoms with Gasteiger partial charge in [-0.1, -0.05) is 91.0 Å². The molecule has 0 amide bonds. The Morgan fingerprint density at radius 3 is 1.60 bits per heavy atom. The smallest absolute Gasteiger partial charge is 0.127 e. The first-order valence-electron chi connectivity index (χ1n) is 17.2. The van der Waals surface area contributed by atoms with E-state index >= 15 is 0 Å². The predicted molar refractivity (Wildman–Crippen MR) is 213 cm³/mol. The number of aromatic nitrogens is 3. The van der Waals surface area contributed by atoms with Crippen LogP contribution in [-0.2, 0) is 21.1 Å². The number of hydrogen-bond acceptors (Lipinski definition) is 4. The molecule has 256 valence electrons. The topological polar surface area (TPSA) is 75.6 Å². The summed E-state index contributed by atoms with van der Waals surface area (Å²) >= 11 is 0. The number of pyridine rings is 1. The number of aromatic hydroxyl groups is 2. The first-order valence-corrected chi connectivity index (χ1v) is 17.2. The maximum atomic E-state index is 11.5. The van der Waals surface area contributed by atoms with Gasteiger partial charge in [-0.05, 0) is 66.0 Å². The van der Waals surface area contributed by atoms with E-state index in [1.54, 1.807) is 12.3 Å². The number of phenols is 2. The first kappa shape index (κ1) is 32.4. The van der Waals surface area contributed by atoms with E-state index in [0.717, 1.165) is 49.6 Å². The second-order valence-electron chi connectivity index (χ2n) is 13.0. The number of phenolic OH excluding ortho intramolecular Hbond substituents is 2. The van der Waals surface area contributed by atoms with Crippen LogP contribution in [0, 0.1) is 0 Å². The second kappa shape index (κ2) is 12.9. The van der Waals surface area contributed by atoms with Crippen LogP contribution in [0.5, 0.6) is 11.5 Å². The van der Waals surface area contributed by atoms with Gasteiger partial charge in [0.15, 0.2) is 0 Å². The third-order valence-corrected chi connectivity index (χ3v) is 9.96. The Labute approximate surface area is 318 Å². The Morgan fingerprint density at radius 2 is 1.02 bits per heavy atom. The van der Waals surface area contributed by atoms with Crippen molar-refractivity contribution in [2.24, 2.45) is 4.99 Å². The van der Waals surface area contributed by atoms with Gasteiger partial charge in [-0.3, -0.25) is 4.99 Å². The molecule has 3 heterocycles. The Morgan fingerprint density at radius 1 is 0.491 bits per heavy atom. The predicted octanol–water partition coefficient (Wildman–Crippen LogP) is 11.3. The van der Waals surface area contributed by atoms with Gasteiger partial charge in [0, 0.05) is 71.4 Å². The number of rotatable bonds is 5. The summed E-state index contributed by atoms with van der Waals surface area (Å²) in [7, 11) is 0. The molecule has 0 bridgehead atoms. The van der Waals surface area contributed by atoms with Crippen LogP contribution in [0.3, 0.4) is 0 Å². The number of aliphatic imine (C=N–C) groups is 1. The van der Waals surface area contributed by atoms with Crippen molar-refractivity contribution in [1.29, 1.82) is 0 Å². The van der Waals surface area contributed by atoms with E-state index in [0.29, 0.717) is 28.0 Å². The van der Waals surface area contributed by atoms with Gasteiger partial charge in [0.25, 0.3) is 0 Å². The molecule has 10 aromatic rings. The molecule has 6 nitrogen and oxygen atoms in total. The fraction of sp³-hybridized carbons (Fsp3) is 0. The molecule has 0 saturated carbocycles. The molecule has 0 aliphatic rings. The summed E-state index contributed by atoms with van der Waals surface area (Å²) in [5, 5.41) is 29.0. The van der Waals surface area contributed by atoms with Crippen LogP contribution >= 0.6 is 0 Å². The van der Waals surface area contributed by atoms with E-state index in [4.69, 9.17) is 9.98 Å². The first-order chi connectivity index (χ1) is 25.6. The van der Waals surface area contributed by atoms with Gasteiger partial charge in [-0.25, -0.2) is 4.98 Å². The van der Waals surface area contributed by atoms with Crippen molar-refractivity contribution >= 4 is 66.3 Å². The molecule has 7 aromatic carbocycles. The van der Waals surface area contributed by atoms with Crippen LogP contribution < -0.4 is 0 Å². The van der Waals surface area contributed by atoms with Crippen LogP contribution in [0.25, 0.3) is 77.0 Å². The summed E-state index contributed by atoms with van der Waals surface area (Å²) in [6.07, 6.45) is 1.70. The van der Waals surface area contributed by atoms with Crippen molar-refractivity contribution in [2.75, 3.05) is 0 Å². The SMILES string of the molecule is Oc1cc(-n2c3ccccc3c3ccccc32)ccc1-c1cccc(C=Nc2cccc3cc(-n4c5ccccc5c5ccccc54)cc(O)c23)n1.[Pt]. The molecule has 53 heavy (non-hydrogen) atoms. The molecule has 0 atom stereocenters. The van der Waals surface area contributed by atoms with Crippen molar-refractivity contribution in [2.45, 2.75) is 0 Å². The van der Waals surface area contributed by atoms with Crippen LogP contribution in [0.15, 0.2) is 169 Å². The zero-order chi connectivity index (χ0) is 34.8. The summed E-state index contributed by atoms with van der Waals surface area (Å²) in [4.78, 5) is 9.64. The molecular weight excluding hydrogens is 836 g/mol. The van der Waals surface area contributed by atoms with E-state index in [1.807, 2.05) is 78.9 Å². The number of fused-ring (bicyclic) bond motifs is 7. The average Bonchev–Trinajstić information content (AvgIpc) is 3.70. The van der Waals surface area contributed by atoms with Gasteiger partial charge in [-0.15, -0.1) is 0 Å². The monoisotopic (exact) mass is 865 g/mol. The van der Waals surface area contributed by atoms with Crippen LogP contribution in [0.1, 0.15) is 5.69 Å². The van der Waals surface area contributed by atoms with Gasteiger partial charge in [0.1, 0.15) is 11.5 Å². The zero-order valence-corrected chi connectivity index (χ0v) is 30.4. The van der Waals surface area contributed by atoms with Gasteiger partial charge < -0.3 is 19.3 Å². The maximum Gasteiger partial charge on any atom is 0.127 e. The molecule has 0 radical (unpaired) electrons. The van der Waals surface area contributed by atoms with Crippen molar-refractivity contribution in [3.05, 3.63) is 169 Å². The second-order valence-corrected chi connectivity index (χ2v) is 13.0. The van der Waals surface area contributed by atoms with Crippen molar-refractivity contribution in [3.8, 4) is 34.1 Å². The average molecular weight is 866 g/mol. The van der Waals surface area contributed by atoms with Gasteiger partial charge in [0.2, 0.25) is 0 Å². The summed E-state index contributed by atoms with van der Waals surface area (Å²) in [6.45, 7) is 0. The summed E-state index contributed by atoms with van der Waals surface area (Å²) in [5.74, 6) is 0.288. The van der Waals surface area contributed by atoms with Crippen molar-refractivity contribution in [3.63, 3.8) is 0 Å². The van der Waals surface area contributed by atoms with Crippen LogP contribution in [-0.4, -0.2) is 30.5 Å².